The summed E-state index contributed by atoms with van der Waals surface area (Å²) in [6, 6.07) is 32.2. The van der Waals surface area contributed by atoms with E-state index in [4.69, 9.17) is 4.99 Å². The van der Waals surface area contributed by atoms with Crippen LogP contribution in [0, 0.1) is 5.92 Å². The molecule has 1 heterocycles. The summed E-state index contributed by atoms with van der Waals surface area (Å²) in [5.74, 6) is 1.47. The molecule has 0 radical (unpaired) electrons. The van der Waals surface area contributed by atoms with Crippen LogP contribution in [-0.2, 0) is 6.42 Å². The first kappa shape index (κ1) is 16.6. The minimum absolute atomic E-state index is 0.117. The van der Waals surface area contributed by atoms with Crippen molar-refractivity contribution in [3.05, 3.63) is 108 Å². The fourth-order valence-corrected chi connectivity index (χ4v) is 3.68. The first-order valence-corrected chi connectivity index (χ1v) is 9.29. The number of benzene rings is 3. The highest BCUT2D eigenvalue weighted by molar-refractivity contribution is 5.87. The molecule has 4 rings (SSSR count). The van der Waals surface area contributed by atoms with Crippen LogP contribution < -0.4 is 5.32 Å². The number of rotatable bonds is 5. The molecule has 3 aromatic rings. The van der Waals surface area contributed by atoms with E-state index in [1.54, 1.807) is 0 Å². The molecule has 1 N–H and O–H groups in total. The van der Waals surface area contributed by atoms with Crippen molar-refractivity contribution in [1.82, 2.24) is 5.32 Å². The Hall–Kier alpha value is -2.87. The summed E-state index contributed by atoms with van der Waals surface area (Å²) in [6.07, 6.45) is 0.996. The van der Waals surface area contributed by atoms with Gasteiger partial charge in [0, 0.05) is 5.92 Å². The lowest BCUT2D eigenvalue weighted by Gasteiger charge is -2.20. The van der Waals surface area contributed by atoms with Gasteiger partial charge in [0.1, 0.15) is 11.9 Å². The van der Waals surface area contributed by atoms with E-state index < -0.39 is 0 Å². The van der Waals surface area contributed by atoms with Crippen LogP contribution in [-0.4, -0.2) is 5.84 Å². The maximum Gasteiger partial charge on any atom is 0.101 e. The lowest BCUT2D eigenvalue weighted by Crippen LogP contribution is -2.29. The van der Waals surface area contributed by atoms with Crippen molar-refractivity contribution < 1.29 is 0 Å². The first-order valence-electron chi connectivity index (χ1n) is 9.29. The van der Waals surface area contributed by atoms with Crippen molar-refractivity contribution in [3.63, 3.8) is 0 Å². The summed E-state index contributed by atoms with van der Waals surface area (Å²) < 4.78 is 0. The van der Waals surface area contributed by atoms with Crippen molar-refractivity contribution in [2.75, 3.05) is 0 Å². The fourth-order valence-electron chi connectivity index (χ4n) is 3.68. The average molecular weight is 340 g/mol. The molecule has 0 aromatic heterocycles. The molecule has 2 heteroatoms. The normalized spacial score (nSPS) is 20.3. The maximum atomic E-state index is 5.12. The molecule has 0 saturated carbocycles. The number of aliphatic imine (C=N–C) groups is 1. The van der Waals surface area contributed by atoms with Gasteiger partial charge in [-0.05, 0) is 23.1 Å². The van der Waals surface area contributed by atoms with Crippen LogP contribution in [0.25, 0.3) is 0 Å². The van der Waals surface area contributed by atoms with E-state index in [1.807, 2.05) is 0 Å². The SMILES string of the molecule is CC(Cc1ccccc1)C1=N[C@@H](c2ccccc2)[C@@H](c2ccccc2)N1. The zero-order valence-corrected chi connectivity index (χ0v) is 15.0. The quantitative estimate of drug-likeness (QED) is 0.665. The van der Waals surface area contributed by atoms with Crippen molar-refractivity contribution in [3.8, 4) is 0 Å². The van der Waals surface area contributed by atoms with Crippen LogP contribution in [0.2, 0.25) is 0 Å². The topological polar surface area (TPSA) is 24.4 Å². The molecule has 0 bridgehead atoms. The molecule has 130 valence electrons. The van der Waals surface area contributed by atoms with Gasteiger partial charge in [-0.15, -0.1) is 0 Å². The van der Waals surface area contributed by atoms with Crippen LogP contribution in [0.15, 0.2) is 96.0 Å². The molecule has 1 aliphatic heterocycles. The second-order valence-electron chi connectivity index (χ2n) is 6.99. The van der Waals surface area contributed by atoms with E-state index in [0.717, 1.165) is 12.3 Å². The van der Waals surface area contributed by atoms with Crippen molar-refractivity contribution in [1.29, 1.82) is 0 Å². The Morgan fingerprint density at radius 2 is 1.31 bits per heavy atom. The molecule has 0 amide bonds. The molecule has 0 fully saturated rings. The van der Waals surface area contributed by atoms with E-state index in [2.05, 4.69) is 103 Å². The molecular formula is C24H24N2. The van der Waals surface area contributed by atoms with Gasteiger partial charge in [-0.25, -0.2) is 0 Å². The molecule has 26 heavy (non-hydrogen) atoms. The zero-order valence-electron chi connectivity index (χ0n) is 15.0. The summed E-state index contributed by atoms with van der Waals surface area (Å²) >= 11 is 0. The first-order chi connectivity index (χ1) is 12.8. The van der Waals surface area contributed by atoms with E-state index in [-0.39, 0.29) is 12.1 Å². The van der Waals surface area contributed by atoms with Crippen LogP contribution in [0.1, 0.15) is 35.7 Å². The van der Waals surface area contributed by atoms with E-state index in [9.17, 15) is 0 Å². The molecule has 2 nitrogen and oxygen atoms in total. The minimum Gasteiger partial charge on any atom is -0.364 e. The van der Waals surface area contributed by atoms with Gasteiger partial charge in [0.05, 0.1) is 6.04 Å². The lowest BCUT2D eigenvalue weighted by molar-refractivity contribution is 0.568. The monoisotopic (exact) mass is 340 g/mol. The Balaban J connectivity index is 1.62. The molecule has 0 aliphatic carbocycles. The standard InChI is InChI=1S/C24H24N2/c1-18(17-19-11-5-2-6-12-19)24-25-22(20-13-7-3-8-14-20)23(26-24)21-15-9-4-10-16-21/h2-16,18,22-23H,17H2,1H3,(H,25,26)/t18?,22-,23+. The molecule has 0 spiro atoms. The van der Waals surface area contributed by atoms with Gasteiger partial charge in [-0.3, -0.25) is 4.99 Å². The summed E-state index contributed by atoms with van der Waals surface area (Å²) in [7, 11) is 0. The lowest BCUT2D eigenvalue weighted by atomic mass is 9.95. The Labute approximate surface area is 155 Å². The molecule has 0 saturated heterocycles. The molecule has 1 unspecified atom stereocenters. The summed E-state index contributed by atoms with van der Waals surface area (Å²) in [5.41, 5.74) is 3.90. The van der Waals surface area contributed by atoms with Gasteiger partial charge in [0.2, 0.25) is 0 Å². The minimum atomic E-state index is 0.117. The van der Waals surface area contributed by atoms with Crippen molar-refractivity contribution in [2.45, 2.75) is 25.4 Å². The Morgan fingerprint density at radius 1 is 0.769 bits per heavy atom. The molecule has 3 aromatic carbocycles. The number of hydrogen-bond donors (Lipinski definition) is 1. The van der Waals surface area contributed by atoms with Crippen LogP contribution in [0.4, 0.5) is 0 Å². The second-order valence-corrected chi connectivity index (χ2v) is 6.99. The fraction of sp³-hybridized carbons (Fsp3) is 0.208. The third-order valence-electron chi connectivity index (χ3n) is 5.05. The van der Waals surface area contributed by atoms with Crippen LogP contribution in [0.5, 0.6) is 0 Å². The van der Waals surface area contributed by atoms with Crippen molar-refractivity contribution >= 4 is 5.84 Å². The summed E-state index contributed by atoms with van der Waals surface area (Å²) in [6.45, 7) is 2.26. The maximum absolute atomic E-state index is 5.12. The van der Waals surface area contributed by atoms with E-state index in [0.29, 0.717) is 5.92 Å². The van der Waals surface area contributed by atoms with Crippen LogP contribution in [0.3, 0.4) is 0 Å². The van der Waals surface area contributed by atoms with Gasteiger partial charge in [-0.2, -0.15) is 0 Å². The number of amidine groups is 1. The largest absolute Gasteiger partial charge is 0.364 e. The predicted octanol–water partition coefficient (Wildman–Crippen LogP) is 5.35. The number of hydrogen-bond acceptors (Lipinski definition) is 2. The molecule has 3 atom stereocenters. The van der Waals surface area contributed by atoms with Gasteiger partial charge < -0.3 is 5.32 Å². The number of nitrogens with zero attached hydrogens (tertiary/aromatic N) is 1. The third kappa shape index (κ3) is 3.55. The Bertz CT molecular complexity index is 856. The molecular weight excluding hydrogens is 316 g/mol. The predicted molar refractivity (Wildman–Crippen MR) is 108 cm³/mol. The van der Waals surface area contributed by atoms with Crippen LogP contribution >= 0.6 is 0 Å². The Morgan fingerprint density at radius 3 is 1.92 bits per heavy atom. The highest BCUT2D eigenvalue weighted by Crippen LogP contribution is 2.37. The Kier molecular flexibility index (Phi) is 4.83. The summed E-state index contributed by atoms with van der Waals surface area (Å²) in [4.78, 5) is 5.12. The van der Waals surface area contributed by atoms with Gasteiger partial charge in [-0.1, -0.05) is 97.9 Å². The van der Waals surface area contributed by atoms with E-state index >= 15 is 0 Å². The van der Waals surface area contributed by atoms with Gasteiger partial charge >= 0.3 is 0 Å². The van der Waals surface area contributed by atoms with Gasteiger partial charge in [0.25, 0.3) is 0 Å². The second kappa shape index (κ2) is 7.57. The summed E-state index contributed by atoms with van der Waals surface area (Å²) in [5, 5.41) is 3.73. The third-order valence-corrected chi connectivity index (χ3v) is 5.05. The smallest absolute Gasteiger partial charge is 0.101 e. The highest BCUT2D eigenvalue weighted by Gasteiger charge is 2.32. The molecule has 1 aliphatic rings. The van der Waals surface area contributed by atoms with E-state index in [1.165, 1.54) is 16.7 Å². The number of nitrogens with one attached hydrogen (secondary N) is 1. The van der Waals surface area contributed by atoms with Gasteiger partial charge in [0.15, 0.2) is 0 Å². The van der Waals surface area contributed by atoms with Crippen molar-refractivity contribution in [2.24, 2.45) is 10.9 Å². The highest BCUT2D eigenvalue weighted by atomic mass is 15.1. The zero-order chi connectivity index (χ0) is 17.8. The average Bonchev–Trinajstić information content (AvgIpc) is 3.16.